The number of amides is 1. The molecule has 2 heterocycles. The van der Waals surface area contributed by atoms with Gasteiger partial charge >= 0.3 is 5.97 Å². The average molecular weight is 383 g/mol. The van der Waals surface area contributed by atoms with Crippen molar-refractivity contribution in [2.24, 2.45) is 0 Å². The Balaban J connectivity index is 1.65. The van der Waals surface area contributed by atoms with Crippen molar-refractivity contribution in [3.8, 4) is 5.69 Å². The molecule has 0 aliphatic carbocycles. The lowest BCUT2D eigenvalue weighted by Crippen LogP contribution is -2.30. The summed E-state index contributed by atoms with van der Waals surface area (Å²) >= 11 is 1.57. The van der Waals surface area contributed by atoms with Gasteiger partial charge in [0.05, 0.1) is 23.1 Å². The van der Waals surface area contributed by atoms with E-state index >= 15 is 0 Å². The SMILES string of the molecule is Cc1nn(-c2ccccc2)c(C)c1C(=O)OCC(=O)N[C@H](C)c1cccs1. The molecule has 3 rings (SSSR count). The third-order valence-corrected chi connectivity index (χ3v) is 5.23. The van der Waals surface area contributed by atoms with Gasteiger partial charge in [0.1, 0.15) is 5.56 Å². The van der Waals surface area contributed by atoms with E-state index in [-0.39, 0.29) is 18.6 Å². The first-order valence-corrected chi connectivity index (χ1v) is 9.47. The molecular formula is C20H21N3O3S. The van der Waals surface area contributed by atoms with E-state index in [1.165, 1.54) is 0 Å². The Hall–Kier alpha value is -2.93. The standard InChI is InChI=1S/C20H21N3O3S/c1-13(17-10-7-11-27-17)21-18(24)12-26-20(25)19-14(2)22-23(15(19)3)16-8-5-4-6-9-16/h4-11,13H,12H2,1-3H3,(H,21,24)/t13-/m1/s1. The number of carbonyl (C=O) groups excluding carboxylic acids is 2. The van der Waals surface area contributed by atoms with Crippen molar-refractivity contribution in [3.05, 3.63) is 69.7 Å². The molecule has 0 saturated carbocycles. The van der Waals surface area contributed by atoms with Gasteiger partial charge in [0, 0.05) is 4.88 Å². The number of aromatic nitrogens is 2. The van der Waals surface area contributed by atoms with Crippen molar-refractivity contribution in [2.45, 2.75) is 26.8 Å². The molecule has 7 heteroatoms. The zero-order valence-electron chi connectivity index (χ0n) is 15.4. The number of carbonyl (C=O) groups is 2. The van der Waals surface area contributed by atoms with Crippen LogP contribution < -0.4 is 5.32 Å². The summed E-state index contributed by atoms with van der Waals surface area (Å²) in [6, 6.07) is 13.3. The average Bonchev–Trinajstić information content (AvgIpc) is 3.29. The maximum absolute atomic E-state index is 12.5. The smallest absolute Gasteiger partial charge is 0.342 e. The molecule has 0 bridgehead atoms. The number of nitrogens with zero attached hydrogens (tertiary/aromatic N) is 2. The van der Waals surface area contributed by atoms with E-state index < -0.39 is 5.97 Å². The summed E-state index contributed by atoms with van der Waals surface area (Å²) in [5.41, 5.74) is 2.49. The largest absolute Gasteiger partial charge is 0.452 e. The Bertz CT molecular complexity index is 933. The predicted octanol–water partition coefficient (Wildman–Crippen LogP) is 3.58. The Morgan fingerprint density at radius 3 is 2.59 bits per heavy atom. The lowest BCUT2D eigenvalue weighted by atomic mass is 10.2. The third kappa shape index (κ3) is 4.25. The first-order valence-electron chi connectivity index (χ1n) is 8.59. The van der Waals surface area contributed by atoms with Gasteiger partial charge in [-0.1, -0.05) is 24.3 Å². The van der Waals surface area contributed by atoms with Gasteiger partial charge in [0.2, 0.25) is 0 Å². The van der Waals surface area contributed by atoms with Crippen LogP contribution in [0.5, 0.6) is 0 Å². The second-order valence-electron chi connectivity index (χ2n) is 6.17. The van der Waals surface area contributed by atoms with Crippen LogP contribution in [0.25, 0.3) is 5.69 Å². The minimum atomic E-state index is -0.550. The molecule has 27 heavy (non-hydrogen) atoms. The molecule has 0 fully saturated rings. The molecule has 6 nitrogen and oxygen atoms in total. The zero-order chi connectivity index (χ0) is 19.4. The number of para-hydroxylation sites is 1. The van der Waals surface area contributed by atoms with Crippen molar-refractivity contribution in [1.82, 2.24) is 15.1 Å². The number of hydrogen-bond acceptors (Lipinski definition) is 5. The number of thiophene rings is 1. The summed E-state index contributed by atoms with van der Waals surface area (Å²) < 4.78 is 6.92. The van der Waals surface area contributed by atoms with Gasteiger partial charge in [-0.2, -0.15) is 5.10 Å². The van der Waals surface area contributed by atoms with Gasteiger partial charge in [-0.3, -0.25) is 4.79 Å². The van der Waals surface area contributed by atoms with Crippen LogP contribution in [0, 0.1) is 13.8 Å². The van der Waals surface area contributed by atoms with Gasteiger partial charge in [-0.15, -0.1) is 11.3 Å². The van der Waals surface area contributed by atoms with Crippen molar-refractivity contribution in [2.75, 3.05) is 6.61 Å². The second kappa shape index (κ2) is 8.18. The van der Waals surface area contributed by atoms with Crippen LogP contribution in [0.1, 0.15) is 39.6 Å². The van der Waals surface area contributed by atoms with Crippen molar-refractivity contribution >= 4 is 23.2 Å². The van der Waals surface area contributed by atoms with Crippen molar-refractivity contribution in [1.29, 1.82) is 0 Å². The quantitative estimate of drug-likeness (QED) is 0.660. The van der Waals surface area contributed by atoms with Crippen LogP contribution in [-0.4, -0.2) is 28.3 Å². The molecule has 1 amide bonds. The summed E-state index contributed by atoms with van der Waals surface area (Å²) in [4.78, 5) is 25.6. The molecule has 0 radical (unpaired) electrons. The number of ether oxygens (including phenoxy) is 1. The highest BCUT2D eigenvalue weighted by Crippen LogP contribution is 2.19. The normalized spacial score (nSPS) is 11.8. The lowest BCUT2D eigenvalue weighted by Gasteiger charge is -2.12. The number of benzene rings is 1. The van der Waals surface area contributed by atoms with E-state index in [9.17, 15) is 9.59 Å². The van der Waals surface area contributed by atoms with Crippen LogP contribution in [0.3, 0.4) is 0 Å². The molecule has 0 aliphatic rings. The van der Waals surface area contributed by atoms with Crippen LogP contribution in [0.2, 0.25) is 0 Å². The van der Waals surface area contributed by atoms with Gasteiger partial charge < -0.3 is 10.1 Å². The highest BCUT2D eigenvalue weighted by Gasteiger charge is 2.22. The maximum atomic E-state index is 12.5. The van der Waals surface area contributed by atoms with E-state index in [1.807, 2.05) is 61.7 Å². The number of esters is 1. The highest BCUT2D eigenvalue weighted by atomic mass is 32.1. The van der Waals surface area contributed by atoms with E-state index in [0.29, 0.717) is 17.0 Å². The molecule has 140 valence electrons. The minimum Gasteiger partial charge on any atom is -0.452 e. The summed E-state index contributed by atoms with van der Waals surface area (Å²) in [6.45, 7) is 5.12. The third-order valence-electron chi connectivity index (χ3n) is 4.18. The van der Waals surface area contributed by atoms with E-state index in [2.05, 4.69) is 10.4 Å². The molecule has 0 unspecified atom stereocenters. The van der Waals surface area contributed by atoms with Gasteiger partial charge in [-0.05, 0) is 44.4 Å². The first-order chi connectivity index (χ1) is 13.0. The topological polar surface area (TPSA) is 73.2 Å². The summed E-state index contributed by atoms with van der Waals surface area (Å²) in [7, 11) is 0. The molecule has 2 aromatic heterocycles. The van der Waals surface area contributed by atoms with Crippen molar-refractivity contribution < 1.29 is 14.3 Å². The predicted molar refractivity (Wildman–Crippen MR) is 104 cm³/mol. The fourth-order valence-electron chi connectivity index (χ4n) is 2.85. The molecule has 3 aromatic rings. The molecule has 1 aromatic carbocycles. The Morgan fingerprint density at radius 1 is 1.19 bits per heavy atom. The number of aryl methyl sites for hydroxylation is 1. The van der Waals surface area contributed by atoms with Crippen LogP contribution in [0.4, 0.5) is 0 Å². The molecule has 0 spiro atoms. The Kier molecular flexibility index (Phi) is 5.71. The molecular weight excluding hydrogens is 362 g/mol. The highest BCUT2D eigenvalue weighted by molar-refractivity contribution is 7.10. The molecule has 0 aliphatic heterocycles. The minimum absolute atomic E-state index is 0.125. The van der Waals surface area contributed by atoms with E-state index in [4.69, 9.17) is 4.74 Å². The van der Waals surface area contributed by atoms with Gasteiger partial charge in [-0.25, -0.2) is 9.48 Å². The fraction of sp³-hybridized carbons (Fsp3) is 0.250. The van der Waals surface area contributed by atoms with E-state index in [0.717, 1.165) is 10.6 Å². The lowest BCUT2D eigenvalue weighted by molar-refractivity contribution is -0.124. The van der Waals surface area contributed by atoms with Gasteiger partial charge in [0.15, 0.2) is 6.61 Å². The monoisotopic (exact) mass is 383 g/mol. The number of rotatable bonds is 6. The molecule has 1 N–H and O–H groups in total. The first kappa shape index (κ1) is 18.8. The van der Waals surface area contributed by atoms with Crippen LogP contribution in [-0.2, 0) is 9.53 Å². The number of hydrogen-bond donors (Lipinski definition) is 1. The Labute approximate surface area is 161 Å². The maximum Gasteiger partial charge on any atom is 0.342 e. The molecule has 0 saturated heterocycles. The van der Waals surface area contributed by atoms with E-state index in [1.54, 1.807) is 22.9 Å². The second-order valence-corrected chi connectivity index (χ2v) is 7.15. The van der Waals surface area contributed by atoms with Crippen LogP contribution >= 0.6 is 11.3 Å². The summed E-state index contributed by atoms with van der Waals surface area (Å²) in [5, 5.41) is 9.20. The molecule has 1 atom stereocenters. The van der Waals surface area contributed by atoms with Gasteiger partial charge in [0.25, 0.3) is 5.91 Å². The van der Waals surface area contributed by atoms with Crippen molar-refractivity contribution in [3.63, 3.8) is 0 Å². The summed E-state index contributed by atoms with van der Waals surface area (Å²) in [5.74, 6) is -0.888. The zero-order valence-corrected chi connectivity index (χ0v) is 16.2. The summed E-state index contributed by atoms with van der Waals surface area (Å²) in [6.07, 6.45) is 0. The number of nitrogens with one attached hydrogen (secondary N) is 1. The fourth-order valence-corrected chi connectivity index (χ4v) is 3.59. The van der Waals surface area contributed by atoms with Crippen LogP contribution in [0.15, 0.2) is 47.8 Å². The Morgan fingerprint density at radius 2 is 1.93 bits per heavy atom.